The summed E-state index contributed by atoms with van der Waals surface area (Å²) in [6.07, 6.45) is 4.03. The van der Waals surface area contributed by atoms with Crippen LogP contribution in [0.4, 0.5) is 10.1 Å². The highest BCUT2D eigenvalue weighted by atomic mass is 19.1. The molecule has 5 rings (SSSR count). The number of nitrogens with zero attached hydrogens (tertiary/aromatic N) is 2. The molecule has 3 aromatic rings. The zero-order valence-corrected chi connectivity index (χ0v) is 17.3. The Morgan fingerprint density at radius 1 is 1.16 bits per heavy atom. The Kier molecular flexibility index (Phi) is 5.09. The van der Waals surface area contributed by atoms with Crippen LogP contribution in [0.1, 0.15) is 23.5 Å². The predicted molar refractivity (Wildman–Crippen MR) is 117 cm³/mol. The monoisotopic (exact) mass is 431 g/mol. The van der Waals surface area contributed by atoms with Crippen molar-refractivity contribution in [3.63, 3.8) is 0 Å². The van der Waals surface area contributed by atoms with Crippen molar-refractivity contribution in [1.82, 2.24) is 10.3 Å². The van der Waals surface area contributed by atoms with Crippen molar-refractivity contribution in [2.45, 2.75) is 18.9 Å². The lowest BCUT2D eigenvalue weighted by Gasteiger charge is -2.33. The number of carbonyl (C=O) groups is 2. The van der Waals surface area contributed by atoms with E-state index in [0.29, 0.717) is 18.7 Å². The first-order valence-electron chi connectivity index (χ1n) is 10.5. The molecule has 0 bridgehead atoms. The van der Waals surface area contributed by atoms with E-state index in [4.69, 9.17) is 4.74 Å². The lowest BCUT2D eigenvalue weighted by molar-refractivity contribution is -0.128. The van der Waals surface area contributed by atoms with Gasteiger partial charge in [-0.3, -0.25) is 14.6 Å². The molecule has 6 nitrogen and oxygen atoms in total. The van der Waals surface area contributed by atoms with E-state index in [0.717, 1.165) is 16.8 Å². The molecule has 1 aromatic heterocycles. The van der Waals surface area contributed by atoms with Crippen molar-refractivity contribution >= 4 is 17.5 Å². The Morgan fingerprint density at radius 3 is 2.75 bits per heavy atom. The van der Waals surface area contributed by atoms with Crippen molar-refractivity contribution in [3.05, 3.63) is 90.0 Å². The smallest absolute Gasteiger partial charge is 0.240 e. The molecule has 0 unspecified atom stereocenters. The minimum Gasteiger partial charge on any atom is -0.492 e. The molecule has 2 heterocycles. The van der Waals surface area contributed by atoms with E-state index in [1.165, 1.54) is 12.1 Å². The fourth-order valence-electron chi connectivity index (χ4n) is 4.38. The van der Waals surface area contributed by atoms with Crippen LogP contribution in [0.3, 0.4) is 0 Å². The summed E-state index contributed by atoms with van der Waals surface area (Å²) in [6, 6.07) is 17.1. The number of rotatable bonds is 7. The minimum absolute atomic E-state index is 0.0568. The van der Waals surface area contributed by atoms with Gasteiger partial charge in [0.15, 0.2) is 0 Å². The second-order valence-corrected chi connectivity index (χ2v) is 8.24. The van der Waals surface area contributed by atoms with E-state index >= 15 is 0 Å². The maximum atomic E-state index is 13.5. The average Bonchev–Trinajstić information content (AvgIpc) is 3.57. The predicted octanol–water partition coefficient (Wildman–Crippen LogP) is 3.44. The summed E-state index contributed by atoms with van der Waals surface area (Å²) in [6.45, 7) is 0.462. The number of aromatic nitrogens is 1. The van der Waals surface area contributed by atoms with Crippen molar-refractivity contribution in [1.29, 1.82) is 0 Å². The number of amides is 2. The normalized spacial score (nSPS) is 20.8. The standard InChI is InChI=1S/C25H22FN3O3/c26-18-7-9-19(10-8-18)32-16-25-12-21(25)20-5-1-2-6-22(20)29(24(25)31)15-23(30)28-14-17-4-3-11-27-13-17/h1-11,13,21H,12,14-16H2,(H,28,30)/t21-,25+/m0/s1. The maximum absolute atomic E-state index is 13.5. The van der Waals surface area contributed by atoms with Crippen molar-refractivity contribution < 1.29 is 18.7 Å². The van der Waals surface area contributed by atoms with Crippen LogP contribution in [0.25, 0.3) is 0 Å². The molecule has 2 aliphatic rings. The molecule has 1 fully saturated rings. The summed E-state index contributed by atoms with van der Waals surface area (Å²) in [5.41, 5.74) is 2.01. The lowest BCUT2D eigenvalue weighted by atomic mass is 9.92. The summed E-state index contributed by atoms with van der Waals surface area (Å²) in [5, 5.41) is 2.86. The van der Waals surface area contributed by atoms with Crippen LogP contribution in [-0.2, 0) is 16.1 Å². The van der Waals surface area contributed by atoms with E-state index in [1.807, 2.05) is 36.4 Å². The SMILES string of the molecule is O=C(CN1C(=O)[C@@]2(COc3ccc(F)cc3)C[C@H]2c2ccccc21)NCc1cccnc1. The number of pyridine rings is 1. The van der Waals surface area contributed by atoms with Gasteiger partial charge in [-0.15, -0.1) is 0 Å². The van der Waals surface area contributed by atoms with Gasteiger partial charge in [0.1, 0.15) is 24.7 Å². The molecular weight excluding hydrogens is 409 g/mol. The molecule has 2 aromatic carbocycles. The summed E-state index contributed by atoms with van der Waals surface area (Å²) in [5.74, 6) is -0.128. The fourth-order valence-corrected chi connectivity index (χ4v) is 4.38. The van der Waals surface area contributed by atoms with Gasteiger partial charge < -0.3 is 15.0 Å². The second-order valence-electron chi connectivity index (χ2n) is 8.24. The van der Waals surface area contributed by atoms with Gasteiger partial charge in [-0.2, -0.15) is 0 Å². The van der Waals surface area contributed by atoms with E-state index in [1.54, 1.807) is 29.4 Å². The van der Waals surface area contributed by atoms with E-state index in [9.17, 15) is 14.0 Å². The third-order valence-corrected chi connectivity index (χ3v) is 6.17. The number of halogens is 1. The van der Waals surface area contributed by atoms with Crippen LogP contribution in [0.2, 0.25) is 0 Å². The zero-order valence-electron chi connectivity index (χ0n) is 17.3. The summed E-state index contributed by atoms with van der Waals surface area (Å²) in [7, 11) is 0. The molecule has 2 atom stereocenters. The van der Waals surface area contributed by atoms with E-state index < -0.39 is 5.41 Å². The Morgan fingerprint density at radius 2 is 1.97 bits per heavy atom. The Labute approximate surface area is 185 Å². The number of hydrogen-bond acceptors (Lipinski definition) is 4. The Bertz CT molecular complexity index is 1150. The van der Waals surface area contributed by atoms with Crippen LogP contribution in [-0.4, -0.2) is 29.9 Å². The molecule has 7 heteroatoms. The van der Waals surface area contributed by atoms with Crippen LogP contribution < -0.4 is 15.0 Å². The van der Waals surface area contributed by atoms with Gasteiger partial charge in [-0.1, -0.05) is 24.3 Å². The van der Waals surface area contributed by atoms with Gasteiger partial charge in [0.2, 0.25) is 11.8 Å². The molecule has 0 radical (unpaired) electrons. The number of nitrogens with one attached hydrogen (secondary N) is 1. The molecule has 1 aliphatic heterocycles. The maximum Gasteiger partial charge on any atom is 0.240 e. The third kappa shape index (κ3) is 3.70. The average molecular weight is 431 g/mol. The topological polar surface area (TPSA) is 71.5 Å². The number of para-hydroxylation sites is 1. The molecule has 32 heavy (non-hydrogen) atoms. The summed E-state index contributed by atoms with van der Waals surface area (Å²) < 4.78 is 19.0. The Hall–Kier alpha value is -3.74. The van der Waals surface area contributed by atoms with Crippen LogP contribution in [0, 0.1) is 11.2 Å². The molecule has 0 saturated heterocycles. The van der Waals surface area contributed by atoms with Gasteiger partial charge >= 0.3 is 0 Å². The molecule has 0 spiro atoms. The van der Waals surface area contributed by atoms with Gasteiger partial charge in [-0.05, 0) is 53.9 Å². The molecule has 1 N–H and O–H groups in total. The highest BCUT2D eigenvalue weighted by molar-refractivity contribution is 6.07. The van der Waals surface area contributed by atoms with Crippen LogP contribution in [0.15, 0.2) is 73.1 Å². The fraction of sp³-hybridized carbons (Fsp3) is 0.240. The number of carbonyl (C=O) groups excluding carboxylic acids is 2. The lowest BCUT2D eigenvalue weighted by Crippen LogP contribution is -2.48. The van der Waals surface area contributed by atoms with Gasteiger partial charge in [0.05, 0.1) is 5.41 Å². The largest absolute Gasteiger partial charge is 0.492 e. The van der Waals surface area contributed by atoms with E-state index in [-0.39, 0.29) is 36.7 Å². The highest BCUT2D eigenvalue weighted by Gasteiger charge is 2.66. The van der Waals surface area contributed by atoms with Crippen molar-refractivity contribution in [2.24, 2.45) is 5.41 Å². The van der Waals surface area contributed by atoms with Crippen LogP contribution >= 0.6 is 0 Å². The van der Waals surface area contributed by atoms with Gasteiger partial charge in [-0.25, -0.2) is 4.39 Å². The van der Waals surface area contributed by atoms with Crippen LogP contribution in [0.5, 0.6) is 5.75 Å². The number of fused-ring (bicyclic) bond motifs is 3. The molecule has 2 amide bonds. The van der Waals surface area contributed by atoms with Gasteiger partial charge in [0.25, 0.3) is 0 Å². The number of hydrogen-bond donors (Lipinski definition) is 1. The first kappa shape index (κ1) is 20.2. The molecule has 1 aliphatic carbocycles. The van der Waals surface area contributed by atoms with Crippen molar-refractivity contribution in [3.8, 4) is 5.75 Å². The molecule has 162 valence electrons. The molecular formula is C25H22FN3O3. The van der Waals surface area contributed by atoms with Crippen molar-refractivity contribution in [2.75, 3.05) is 18.1 Å². The second kappa shape index (κ2) is 8.07. The summed E-state index contributed by atoms with van der Waals surface area (Å²) in [4.78, 5) is 31.8. The first-order valence-corrected chi connectivity index (χ1v) is 10.5. The number of benzene rings is 2. The highest BCUT2D eigenvalue weighted by Crippen LogP contribution is 2.65. The molecule has 1 saturated carbocycles. The first-order chi connectivity index (χ1) is 15.6. The quantitative estimate of drug-likeness (QED) is 0.622. The summed E-state index contributed by atoms with van der Waals surface area (Å²) >= 11 is 0. The minimum atomic E-state index is -0.702. The Balaban J connectivity index is 1.32. The third-order valence-electron chi connectivity index (χ3n) is 6.17. The number of anilines is 1. The number of ether oxygens (including phenoxy) is 1. The van der Waals surface area contributed by atoms with Gasteiger partial charge in [0, 0.05) is 30.5 Å². The van der Waals surface area contributed by atoms with E-state index in [2.05, 4.69) is 10.3 Å². The zero-order chi connectivity index (χ0) is 22.1.